The van der Waals surface area contributed by atoms with Crippen LogP contribution in [0.3, 0.4) is 0 Å². The van der Waals surface area contributed by atoms with E-state index in [1.54, 1.807) is 36.9 Å². The van der Waals surface area contributed by atoms with Gasteiger partial charge >= 0.3 is 0 Å². The van der Waals surface area contributed by atoms with Crippen molar-refractivity contribution in [2.45, 2.75) is 104 Å². The number of piperazine rings is 4. The largest absolute Gasteiger partial charge is 0.353 e. The highest BCUT2D eigenvalue weighted by atomic mass is 35.5. The van der Waals surface area contributed by atoms with Gasteiger partial charge in [-0.05, 0) is 147 Å². The molecule has 10 rings (SSSR count). The lowest BCUT2D eigenvalue weighted by Crippen LogP contribution is -2.55. The SMILES string of the molecule is CC(C)(C)c1ccc(N=C=S)cc1.C[C@@H]1CN(c2ncccc2Cl)CCN1.C[C@@H]1CN(c2ncccc2Cl)CCN1.C[C@@H]1CN(c2ncccc2Cl)CCN1C(=S)Nc1ccc(C(C)(C)C)cc1.C[C@@H]1CNCCN1.Clc1cccnc1Cl. The third-order valence-electron chi connectivity index (χ3n) is 13.6. The van der Waals surface area contributed by atoms with E-state index in [1.807, 2.05) is 48.5 Å². The summed E-state index contributed by atoms with van der Waals surface area (Å²) in [5.74, 6) is 2.66. The monoisotopic (exact) mass is 1260 g/mol. The summed E-state index contributed by atoms with van der Waals surface area (Å²) in [6.07, 6.45) is 6.95. The number of isothiocyanates is 1. The van der Waals surface area contributed by atoms with Crippen LogP contribution in [0.1, 0.15) is 80.4 Å². The Morgan fingerprint density at radius 1 is 0.542 bits per heavy atom. The molecule has 14 nitrogen and oxygen atoms in total. The molecule has 0 unspecified atom stereocenters. The zero-order valence-corrected chi connectivity index (χ0v) is 55.0. The second-order valence-electron chi connectivity index (χ2n) is 22.6. The van der Waals surface area contributed by atoms with E-state index in [0.29, 0.717) is 33.3 Å². The number of aliphatic imine (C=N–C) groups is 1. The highest BCUT2D eigenvalue weighted by molar-refractivity contribution is 7.80. The molecule has 0 bridgehead atoms. The number of rotatable bonds is 5. The van der Waals surface area contributed by atoms with E-state index in [4.69, 9.17) is 70.2 Å². The fourth-order valence-corrected chi connectivity index (χ4v) is 10.5. The summed E-state index contributed by atoms with van der Waals surface area (Å²) in [4.78, 5) is 29.6. The first-order valence-electron chi connectivity index (χ1n) is 28.1. The third kappa shape index (κ3) is 23.9. The first-order valence-corrected chi connectivity index (χ1v) is 30.8. The van der Waals surface area contributed by atoms with Crippen molar-refractivity contribution in [3.8, 4) is 0 Å². The molecule has 21 heteroatoms. The highest BCUT2D eigenvalue weighted by Gasteiger charge is 2.28. The fraction of sp³-hybridized carbons (Fsp3) is 0.452. The molecule has 83 heavy (non-hydrogen) atoms. The molecule has 8 heterocycles. The minimum absolute atomic E-state index is 0.149. The van der Waals surface area contributed by atoms with Crippen LogP contribution in [0.5, 0.6) is 0 Å². The van der Waals surface area contributed by atoms with Gasteiger partial charge in [0.15, 0.2) is 5.11 Å². The van der Waals surface area contributed by atoms with Crippen molar-refractivity contribution in [2.75, 3.05) is 98.6 Å². The number of benzene rings is 2. The maximum atomic E-state index is 6.30. The fourth-order valence-electron chi connectivity index (χ4n) is 9.03. The minimum atomic E-state index is 0.149. The summed E-state index contributed by atoms with van der Waals surface area (Å²) >= 11 is 39.6. The van der Waals surface area contributed by atoms with Crippen molar-refractivity contribution in [3.05, 3.63) is 158 Å². The maximum absolute atomic E-state index is 6.30. The van der Waals surface area contributed by atoms with Gasteiger partial charge in [0.2, 0.25) is 0 Å². The zero-order valence-electron chi connectivity index (χ0n) is 49.6. The van der Waals surface area contributed by atoms with Gasteiger partial charge in [-0.2, -0.15) is 4.99 Å². The van der Waals surface area contributed by atoms with Crippen molar-refractivity contribution in [1.82, 2.24) is 46.1 Å². The van der Waals surface area contributed by atoms with Gasteiger partial charge in [-0.1, -0.05) is 124 Å². The normalized spacial score (nSPS) is 18.7. The van der Waals surface area contributed by atoms with Crippen LogP contribution in [0.15, 0.2) is 127 Å². The standard InChI is InChI=1S/C21H27ClN4S.C11H13NS.2C10H14ClN3.C5H3Cl2N.C5H12N2/c1-15-14-25(19-18(22)6-5-11-23-19)12-13-26(15)20(27)24-17-9-7-16(8-10-17)21(2,3)4;1-11(2,3)9-4-6-10(7-5-9)12-8-13;2*1-8-7-14(6-5-12-8)10-9(11)3-2-4-13-10;6-4-2-1-3-8-5(4)7;1-5-4-6-2-3-7-5/h5-11,15H,12-14H2,1-4H3,(H,24,27);4-7H,1-3H3;2*2-4,8,12H,5-7H2,1H3;1-3H;5-7H,2-4H2,1H3/t15-;;2*8-;;5-/m1.11.1/s1. The van der Waals surface area contributed by atoms with Gasteiger partial charge in [0.05, 0.1) is 30.9 Å². The van der Waals surface area contributed by atoms with Crippen LogP contribution in [0, 0.1) is 0 Å². The van der Waals surface area contributed by atoms with Crippen LogP contribution < -0.4 is 41.3 Å². The summed E-state index contributed by atoms with van der Waals surface area (Å²) in [5, 5.41) is 22.9. The lowest BCUT2D eigenvalue weighted by molar-refractivity contribution is 0.301. The van der Waals surface area contributed by atoms with Crippen molar-refractivity contribution < 1.29 is 0 Å². The number of hydrogen-bond acceptors (Lipinski definition) is 14. The Morgan fingerprint density at radius 2 is 0.976 bits per heavy atom. The average molecular weight is 1270 g/mol. The number of aromatic nitrogens is 4. The lowest BCUT2D eigenvalue weighted by Gasteiger charge is -2.41. The summed E-state index contributed by atoms with van der Waals surface area (Å²) in [6, 6.07) is 33.2. The Bertz CT molecular complexity index is 2850. The van der Waals surface area contributed by atoms with Crippen molar-refractivity contribution in [3.63, 3.8) is 0 Å². The second-order valence-corrected chi connectivity index (χ2v) is 25.2. The van der Waals surface area contributed by atoms with Crippen LogP contribution in [0.2, 0.25) is 25.2 Å². The van der Waals surface area contributed by atoms with E-state index in [-0.39, 0.29) is 16.9 Å². The van der Waals surface area contributed by atoms with Crippen LogP contribution >= 0.6 is 82.4 Å². The number of pyridine rings is 4. The van der Waals surface area contributed by atoms with E-state index in [0.717, 1.165) is 123 Å². The molecular weight excluding hydrogens is 1180 g/mol. The summed E-state index contributed by atoms with van der Waals surface area (Å²) in [6.45, 7) is 33.7. The number of nitrogens with one attached hydrogen (secondary N) is 5. The van der Waals surface area contributed by atoms with Gasteiger partial charge in [0.1, 0.15) is 22.6 Å². The van der Waals surface area contributed by atoms with Crippen molar-refractivity contribution >= 4 is 122 Å². The molecule has 4 fully saturated rings. The predicted octanol–water partition coefficient (Wildman–Crippen LogP) is 13.7. The van der Waals surface area contributed by atoms with E-state index < -0.39 is 0 Å². The lowest BCUT2D eigenvalue weighted by atomic mass is 9.87. The van der Waals surface area contributed by atoms with Crippen LogP contribution in [-0.4, -0.2) is 138 Å². The maximum Gasteiger partial charge on any atom is 0.173 e. The zero-order chi connectivity index (χ0) is 60.5. The van der Waals surface area contributed by atoms with Gasteiger partial charge in [-0.25, -0.2) is 19.9 Å². The molecule has 4 aliphatic rings. The first-order chi connectivity index (χ1) is 39.5. The topological polar surface area (TPSA) is 137 Å². The summed E-state index contributed by atoms with van der Waals surface area (Å²) in [7, 11) is 0. The average Bonchev–Trinajstić information content (AvgIpc) is 3.46. The predicted molar refractivity (Wildman–Crippen MR) is 361 cm³/mol. The van der Waals surface area contributed by atoms with Crippen molar-refractivity contribution in [2.24, 2.45) is 4.99 Å². The molecule has 4 aliphatic heterocycles. The molecule has 0 aliphatic carbocycles. The molecule has 6 aromatic rings. The Labute approximate surface area is 529 Å². The van der Waals surface area contributed by atoms with E-state index >= 15 is 0 Å². The Balaban J connectivity index is 0.000000194. The molecule has 5 N–H and O–H groups in total. The molecule has 448 valence electrons. The first kappa shape index (κ1) is 69.0. The molecule has 4 atom stereocenters. The second kappa shape index (κ2) is 35.0. The summed E-state index contributed by atoms with van der Waals surface area (Å²) in [5.41, 5.74) is 4.85. The number of halogens is 5. The van der Waals surface area contributed by atoms with Gasteiger partial charge < -0.3 is 46.2 Å². The molecule has 0 saturated carbocycles. The van der Waals surface area contributed by atoms with Crippen LogP contribution in [-0.2, 0) is 10.8 Å². The number of nitrogens with zero attached hydrogens (tertiary/aromatic N) is 9. The molecule has 4 saturated heterocycles. The smallest absolute Gasteiger partial charge is 0.173 e. The number of hydrogen-bond donors (Lipinski definition) is 5. The third-order valence-corrected chi connectivity index (χ3v) is 15.6. The van der Waals surface area contributed by atoms with E-state index in [9.17, 15) is 0 Å². The molecule has 4 aromatic heterocycles. The highest BCUT2D eigenvalue weighted by Crippen LogP contribution is 2.29. The van der Waals surface area contributed by atoms with Gasteiger partial charge in [-0.3, -0.25) is 0 Å². The van der Waals surface area contributed by atoms with Gasteiger partial charge in [0, 0.05) is 133 Å². The Hall–Kier alpha value is -4.78. The minimum Gasteiger partial charge on any atom is -0.353 e. The van der Waals surface area contributed by atoms with Crippen molar-refractivity contribution in [1.29, 1.82) is 0 Å². The van der Waals surface area contributed by atoms with E-state index in [2.05, 4.69) is 194 Å². The van der Waals surface area contributed by atoms with E-state index in [1.165, 1.54) is 11.1 Å². The van der Waals surface area contributed by atoms with Gasteiger partial charge in [-0.15, -0.1) is 0 Å². The molecule has 0 radical (unpaired) electrons. The quantitative estimate of drug-likeness (QED) is 0.0636. The Morgan fingerprint density at radius 3 is 1.33 bits per heavy atom. The Kier molecular flexibility index (Phi) is 29.1. The van der Waals surface area contributed by atoms with Gasteiger partial charge in [0.25, 0.3) is 0 Å². The number of anilines is 4. The summed E-state index contributed by atoms with van der Waals surface area (Å²) < 4.78 is 0. The molecular formula is C62H83Cl5N14S2. The molecule has 0 amide bonds. The van der Waals surface area contributed by atoms with Crippen LogP contribution in [0.4, 0.5) is 28.8 Å². The number of thiocarbonyl (C=S) groups is 2. The molecule has 2 aromatic carbocycles. The van der Waals surface area contributed by atoms with Crippen LogP contribution in [0.25, 0.3) is 0 Å². The molecule has 0 spiro atoms.